The molecule has 0 fully saturated rings. The second-order valence-corrected chi connectivity index (χ2v) is 3.11. The van der Waals surface area contributed by atoms with Gasteiger partial charge in [-0.05, 0) is 12.1 Å². The van der Waals surface area contributed by atoms with Gasteiger partial charge >= 0.3 is 12.1 Å². The van der Waals surface area contributed by atoms with Crippen molar-refractivity contribution in [2.75, 3.05) is 18.1 Å². The van der Waals surface area contributed by atoms with Crippen LogP contribution in [-0.2, 0) is 0 Å². The minimum absolute atomic E-state index is 0.0265. The molecule has 1 amide bonds. The van der Waals surface area contributed by atoms with Gasteiger partial charge in [-0.25, -0.2) is 14.6 Å². The first-order chi connectivity index (χ1) is 7.59. The Morgan fingerprint density at radius 2 is 2.12 bits per heavy atom. The van der Waals surface area contributed by atoms with Crippen molar-refractivity contribution < 1.29 is 24.5 Å². The lowest BCUT2D eigenvalue weighted by atomic mass is 10.3. The molecule has 7 nitrogen and oxygen atoms in total. The van der Waals surface area contributed by atoms with Crippen LogP contribution in [0.5, 0.6) is 5.75 Å². The molecule has 1 aromatic heterocycles. The molecule has 2 rings (SSSR count). The van der Waals surface area contributed by atoms with Crippen molar-refractivity contribution in [1.29, 1.82) is 0 Å². The lowest BCUT2D eigenvalue weighted by Gasteiger charge is -2.25. The third kappa shape index (κ3) is 1.62. The molecule has 1 aliphatic heterocycles. The molecule has 1 aromatic rings. The number of aromatic carboxylic acids is 1. The summed E-state index contributed by atoms with van der Waals surface area (Å²) in [5, 5.41) is 17.6. The number of carbonyl (C=O) groups is 2. The van der Waals surface area contributed by atoms with E-state index in [0.29, 0.717) is 0 Å². The highest BCUT2D eigenvalue weighted by molar-refractivity contribution is 5.90. The van der Waals surface area contributed by atoms with Crippen molar-refractivity contribution in [3.63, 3.8) is 0 Å². The lowest BCUT2D eigenvalue weighted by molar-refractivity contribution is 0.0690. The number of carboxylic acid groups (broad SMARTS) is 2. The summed E-state index contributed by atoms with van der Waals surface area (Å²) in [6.45, 7) is 0.367. The average molecular weight is 224 g/mol. The summed E-state index contributed by atoms with van der Waals surface area (Å²) in [6.07, 6.45) is -1.18. The molecule has 0 radical (unpaired) electrons. The number of carboxylic acids is 1. The van der Waals surface area contributed by atoms with E-state index in [4.69, 9.17) is 14.9 Å². The van der Waals surface area contributed by atoms with E-state index >= 15 is 0 Å². The molecule has 0 atom stereocenters. The van der Waals surface area contributed by atoms with Crippen molar-refractivity contribution in [3.8, 4) is 5.75 Å². The van der Waals surface area contributed by atoms with Crippen LogP contribution in [-0.4, -0.2) is 40.4 Å². The monoisotopic (exact) mass is 224 g/mol. The van der Waals surface area contributed by atoms with E-state index in [-0.39, 0.29) is 30.4 Å². The van der Waals surface area contributed by atoms with Crippen LogP contribution in [0.25, 0.3) is 0 Å². The van der Waals surface area contributed by atoms with Gasteiger partial charge in [0.15, 0.2) is 17.3 Å². The Balaban J connectivity index is 2.48. The van der Waals surface area contributed by atoms with E-state index in [2.05, 4.69) is 4.98 Å². The highest BCUT2D eigenvalue weighted by atomic mass is 16.5. The fourth-order valence-electron chi connectivity index (χ4n) is 1.40. The molecular formula is C9H8N2O5. The van der Waals surface area contributed by atoms with Gasteiger partial charge in [0.25, 0.3) is 0 Å². The second-order valence-electron chi connectivity index (χ2n) is 3.11. The normalized spacial score (nSPS) is 13.9. The molecule has 0 saturated heterocycles. The highest BCUT2D eigenvalue weighted by Gasteiger charge is 2.25. The quantitative estimate of drug-likeness (QED) is 0.726. The summed E-state index contributed by atoms with van der Waals surface area (Å²) in [5.41, 5.74) is -0.212. The number of rotatable bonds is 1. The van der Waals surface area contributed by atoms with E-state index in [1.54, 1.807) is 0 Å². The van der Waals surface area contributed by atoms with Crippen LogP contribution >= 0.6 is 0 Å². The minimum Gasteiger partial charge on any atom is -0.488 e. The topological polar surface area (TPSA) is 100.0 Å². The standard InChI is InChI=1S/C9H8N2O5/c12-8(13)5-1-2-6-7(10-5)11(9(14)15)3-4-16-6/h1-2H,3-4H2,(H,12,13)(H,14,15). The number of hydrogen-bond acceptors (Lipinski definition) is 4. The fraction of sp³-hybridized carbons (Fsp3) is 0.222. The first-order valence-corrected chi connectivity index (χ1v) is 4.47. The van der Waals surface area contributed by atoms with Crippen LogP contribution in [0.4, 0.5) is 10.6 Å². The third-order valence-corrected chi connectivity index (χ3v) is 2.12. The maximum Gasteiger partial charge on any atom is 0.413 e. The van der Waals surface area contributed by atoms with Gasteiger partial charge in [0.2, 0.25) is 0 Å². The van der Waals surface area contributed by atoms with E-state index in [0.717, 1.165) is 4.90 Å². The molecule has 0 saturated carbocycles. The summed E-state index contributed by atoms with van der Waals surface area (Å²) in [7, 11) is 0. The zero-order chi connectivity index (χ0) is 11.7. The van der Waals surface area contributed by atoms with Crippen LogP contribution in [0.3, 0.4) is 0 Å². The van der Waals surface area contributed by atoms with Gasteiger partial charge in [-0.2, -0.15) is 0 Å². The molecule has 1 aliphatic rings. The van der Waals surface area contributed by atoms with Crippen LogP contribution in [0.2, 0.25) is 0 Å². The molecule has 0 aliphatic carbocycles. The number of ether oxygens (including phenoxy) is 1. The predicted molar refractivity (Wildman–Crippen MR) is 52.1 cm³/mol. The molecule has 7 heteroatoms. The van der Waals surface area contributed by atoms with Gasteiger partial charge in [-0.3, -0.25) is 4.90 Å². The Hall–Kier alpha value is -2.31. The Bertz CT molecular complexity index is 459. The third-order valence-electron chi connectivity index (χ3n) is 2.12. The predicted octanol–water partition coefficient (Wildman–Crippen LogP) is 0.657. The minimum atomic E-state index is -1.21. The van der Waals surface area contributed by atoms with Gasteiger partial charge in [0.1, 0.15) is 6.61 Å². The summed E-state index contributed by atoms with van der Waals surface area (Å²) in [4.78, 5) is 26.3. The molecule has 84 valence electrons. The van der Waals surface area contributed by atoms with Crippen molar-refractivity contribution in [2.45, 2.75) is 0 Å². The van der Waals surface area contributed by atoms with Gasteiger partial charge < -0.3 is 14.9 Å². The number of amides is 1. The number of anilines is 1. The molecule has 0 unspecified atom stereocenters. The largest absolute Gasteiger partial charge is 0.488 e. The second kappa shape index (κ2) is 3.69. The molecule has 0 aromatic carbocycles. The summed E-state index contributed by atoms with van der Waals surface area (Å²) in [5.74, 6) is -0.906. The first-order valence-electron chi connectivity index (χ1n) is 4.47. The summed E-state index contributed by atoms with van der Waals surface area (Å²) >= 11 is 0. The smallest absolute Gasteiger partial charge is 0.413 e. The van der Waals surface area contributed by atoms with E-state index < -0.39 is 12.1 Å². The number of fused-ring (bicyclic) bond motifs is 1. The van der Waals surface area contributed by atoms with Crippen LogP contribution < -0.4 is 9.64 Å². The first kappa shape index (κ1) is 10.2. The maximum absolute atomic E-state index is 10.9. The van der Waals surface area contributed by atoms with Gasteiger partial charge in [-0.15, -0.1) is 0 Å². The Kier molecular flexibility index (Phi) is 2.35. The summed E-state index contributed by atoms with van der Waals surface area (Å²) in [6, 6.07) is 2.67. The Morgan fingerprint density at radius 1 is 1.38 bits per heavy atom. The molecular weight excluding hydrogens is 216 g/mol. The number of pyridine rings is 1. The highest BCUT2D eigenvalue weighted by Crippen LogP contribution is 2.29. The van der Waals surface area contributed by atoms with Crippen molar-refractivity contribution in [1.82, 2.24) is 4.98 Å². The Labute approximate surface area is 89.9 Å². The molecule has 2 heterocycles. The van der Waals surface area contributed by atoms with Gasteiger partial charge in [-0.1, -0.05) is 0 Å². The summed E-state index contributed by atoms with van der Waals surface area (Å²) < 4.78 is 5.18. The lowest BCUT2D eigenvalue weighted by Crippen LogP contribution is -2.37. The SMILES string of the molecule is O=C(O)c1ccc2c(n1)N(C(=O)O)CCO2. The van der Waals surface area contributed by atoms with Gasteiger partial charge in [0.05, 0.1) is 6.54 Å². The molecule has 0 spiro atoms. The number of nitrogens with zero attached hydrogens (tertiary/aromatic N) is 2. The maximum atomic E-state index is 10.9. The molecule has 16 heavy (non-hydrogen) atoms. The number of aromatic nitrogens is 1. The van der Waals surface area contributed by atoms with Crippen molar-refractivity contribution >= 4 is 17.9 Å². The zero-order valence-electron chi connectivity index (χ0n) is 8.08. The zero-order valence-corrected chi connectivity index (χ0v) is 8.08. The van der Waals surface area contributed by atoms with E-state index in [9.17, 15) is 9.59 Å². The Morgan fingerprint density at radius 3 is 2.75 bits per heavy atom. The van der Waals surface area contributed by atoms with Gasteiger partial charge in [0, 0.05) is 0 Å². The average Bonchev–Trinajstić information content (AvgIpc) is 2.27. The fourth-order valence-corrected chi connectivity index (χ4v) is 1.40. The number of hydrogen-bond donors (Lipinski definition) is 2. The van der Waals surface area contributed by atoms with Crippen LogP contribution in [0.1, 0.15) is 10.5 Å². The van der Waals surface area contributed by atoms with Crippen LogP contribution in [0, 0.1) is 0 Å². The molecule has 0 bridgehead atoms. The van der Waals surface area contributed by atoms with E-state index in [1.807, 2.05) is 0 Å². The van der Waals surface area contributed by atoms with Crippen molar-refractivity contribution in [3.05, 3.63) is 17.8 Å². The van der Waals surface area contributed by atoms with Crippen molar-refractivity contribution in [2.24, 2.45) is 0 Å². The van der Waals surface area contributed by atoms with Crippen LogP contribution in [0.15, 0.2) is 12.1 Å². The molecule has 2 N–H and O–H groups in total. The van der Waals surface area contributed by atoms with E-state index in [1.165, 1.54) is 12.1 Å².